The van der Waals surface area contributed by atoms with Crippen molar-refractivity contribution in [3.63, 3.8) is 0 Å². The third-order valence-electron chi connectivity index (χ3n) is 6.09. The lowest BCUT2D eigenvalue weighted by Crippen LogP contribution is -2.50. The highest BCUT2D eigenvalue weighted by Crippen LogP contribution is 2.27. The fourth-order valence-corrected chi connectivity index (χ4v) is 3.96. The molecule has 1 aliphatic heterocycles. The number of hydrogen-bond donors (Lipinski definition) is 1. The molecule has 178 valence electrons. The lowest BCUT2D eigenvalue weighted by molar-refractivity contribution is -0.143. The third kappa shape index (κ3) is 6.12. The molecule has 1 fully saturated rings. The summed E-state index contributed by atoms with van der Waals surface area (Å²) in [6, 6.07) is 16.6. The van der Waals surface area contributed by atoms with E-state index >= 15 is 0 Å². The lowest BCUT2D eigenvalue weighted by Gasteiger charge is -2.31. The zero-order chi connectivity index (χ0) is 24.0. The van der Waals surface area contributed by atoms with Gasteiger partial charge in [-0.1, -0.05) is 56.3 Å². The molecule has 2 aromatic carbocycles. The van der Waals surface area contributed by atoms with Gasteiger partial charge >= 0.3 is 6.09 Å². The van der Waals surface area contributed by atoms with Gasteiger partial charge in [-0.3, -0.25) is 4.79 Å². The molecule has 7 nitrogen and oxygen atoms in total. The van der Waals surface area contributed by atoms with Crippen molar-refractivity contribution in [1.82, 2.24) is 4.90 Å². The van der Waals surface area contributed by atoms with Gasteiger partial charge in [-0.2, -0.15) is 0 Å². The quantitative estimate of drug-likeness (QED) is 0.586. The number of carbonyl (C=O) groups is 2. The summed E-state index contributed by atoms with van der Waals surface area (Å²) in [5, 5.41) is 11.2. The van der Waals surface area contributed by atoms with Gasteiger partial charge in [0, 0.05) is 0 Å². The van der Waals surface area contributed by atoms with Crippen molar-refractivity contribution < 1.29 is 28.9 Å². The molecule has 1 N–H and O–H groups in total. The summed E-state index contributed by atoms with van der Waals surface area (Å²) in [6.07, 6.45) is -2.13. The van der Waals surface area contributed by atoms with Gasteiger partial charge in [0.05, 0.1) is 37.9 Å². The van der Waals surface area contributed by atoms with E-state index in [1.165, 1.54) is 4.90 Å². The maximum Gasteiger partial charge on any atom is 0.416 e. The number of aliphatic hydroxyl groups is 1. The van der Waals surface area contributed by atoms with E-state index in [-0.39, 0.29) is 31.6 Å². The number of methoxy groups -OCH3 is 1. The highest BCUT2D eigenvalue weighted by molar-refractivity contribution is 5.95. The molecule has 33 heavy (non-hydrogen) atoms. The van der Waals surface area contributed by atoms with Crippen molar-refractivity contribution >= 4 is 12.0 Å². The number of cyclic esters (lactones) is 1. The number of aliphatic hydroxyl groups excluding tert-OH is 1. The molecule has 0 saturated carbocycles. The molecule has 7 heteroatoms. The second-order valence-corrected chi connectivity index (χ2v) is 8.75. The molecule has 2 aromatic rings. The van der Waals surface area contributed by atoms with Gasteiger partial charge in [0.2, 0.25) is 5.91 Å². The van der Waals surface area contributed by atoms with Crippen LogP contribution >= 0.6 is 0 Å². The maximum atomic E-state index is 13.6. The lowest BCUT2D eigenvalue weighted by atomic mass is 9.89. The highest BCUT2D eigenvalue weighted by atomic mass is 16.6. The van der Waals surface area contributed by atoms with Crippen LogP contribution in [-0.2, 0) is 27.3 Å². The van der Waals surface area contributed by atoms with Crippen molar-refractivity contribution in [3.8, 4) is 5.75 Å². The van der Waals surface area contributed by atoms with Gasteiger partial charge in [0.1, 0.15) is 12.4 Å². The molecule has 0 spiro atoms. The number of nitrogens with zero attached hydrogens (tertiary/aromatic N) is 1. The first-order valence-electron chi connectivity index (χ1n) is 11.3. The molecule has 1 saturated heterocycles. The van der Waals surface area contributed by atoms with Crippen LogP contribution in [0.1, 0.15) is 31.9 Å². The summed E-state index contributed by atoms with van der Waals surface area (Å²) in [4.78, 5) is 27.1. The van der Waals surface area contributed by atoms with E-state index in [9.17, 15) is 14.7 Å². The molecule has 0 radical (unpaired) electrons. The predicted molar refractivity (Wildman–Crippen MR) is 124 cm³/mol. The van der Waals surface area contributed by atoms with Crippen molar-refractivity contribution in [1.29, 1.82) is 0 Å². The Kier molecular flexibility index (Phi) is 8.47. The summed E-state index contributed by atoms with van der Waals surface area (Å²) in [5.74, 6) is -0.506. The second kappa shape index (κ2) is 11.3. The van der Waals surface area contributed by atoms with Gasteiger partial charge in [0.15, 0.2) is 0 Å². The minimum atomic E-state index is -1.11. The molecular weight excluding hydrogens is 422 g/mol. The molecular formula is C26H33NO6. The van der Waals surface area contributed by atoms with E-state index in [0.717, 1.165) is 16.9 Å². The van der Waals surface area contributed by atoms with E-state index in [4.69, 9.17) is 14.2 Å². The molecule has 1 aliphatic rings. The van der Waals surface area contributed by atoms with Gasteiger partial charge in [0.25, 0.3) is 0 Å². The Bertz CT molecular complexity index is 914. The highest BCUT2D eigenvalue weighted by Gasteiger charge is 2.44. The predicted octanol–water partition coefficient (Wildman–Crippen LogP) is 3.82. The number of ether oxygens (including phenoxy) is 3. The summed E-state index contributed by atoms with van der Waals surface area (Å²) in [6.45, 7) is 6.06. The van der Waals surface area contributed by atoms with Crippen LogP contribution in [0.4, 0.5) is 4.79 Å². The standard InChI is InChI=1S/C26H33NO6/c1-17(2)23-16-33-26(30)27(23)25(29)22(14-19-8-6-5-7-9-19)24(28)18(3)32-15-20-10-12-21(31-4)13-11-20/h5-13,17-18,22-24,28H,14-16H2,1-4H3/t18-,22+,23-,24-/m0/s1. The Morgan fingerprint density at radius 2 is 1.76 bits per heavy atom. The van der Waals surface area contributed by atoms with E-state index in [1.54, 1.807) is 14.0 Å². The Morgan fingerprint density at radius 3 is 2.36 bits per heavy atom. The average molecular weight is 456 g/mol. The van der Waals surface area contributed by atoms with Gasteiger partial charge in [-0.05, 0) is 42.5 Å². The fraction of sp³-hybridized carbons (Fsp3) is 0.462. The average Bonchev–Trinajstić information content (AvgIpc) is 3.22. The zero-order valence-corrected chi connectivity index (χ0v) is 19.6. The zero-order valence-electron chi connectivity index (χ0n) is 19.6. The van der Waals surface area contributed by atoms with Crippen molar-refractivity contribution in [2.75, 3.05) is 13.7 Å². The largest absolute Gasteiger partial charge is 0.497 e. The van der Waals surface area contributed by atoms with Crippen molar-refractivity contribution in [2.45, 2.75) is 52.0 Å². The number of hydrogen-bond acceptors (Lipinski definition) is 6. The van der Waals surface area contributed by atoms with Crippen LogP contribution in [0.3, 0.4) is 0 Å². The van der Waals surface area contributed by atoms with Crippen LogP contribution in [0.15, 0.2) is 54.6 Å². The van der Waals surface area contributed by atoms with E-state index < -0.39 is 30.1 Å². The minimum absolute atomic E-state index is 0.0404. The van der Waals surface area contributed by atoms with Crippen LogP contribution in [-0.4, -0.2) is 54.0 Å². The van der Waals surface area contributed by atoms with Gasteiger partial charge < -0.3 is 19.3 Å². The monoisotopic (exact) mass is 455 g/mol. The Labute approximate surface area is 195 Å². The smallest absolute Gasteiger partial charge is 0.416 e. The molecule has 3 rings (SSSR count). The summed E-state index contributed by atoms with van der Waals surface area (Å²) in [7, 11) is 1.60. The van der Waals surface area contributed by atoms with Crippen LogP contribution < -0.4 is 4.74 Å². The van der Waals surface area contributed by atoms with Gasteiger partial charge in [-0.25, -0.2) is 9.69 Å². The van der Waals surface area contributed by atoms with Crippen LogP contribution in [0, 0.1) is 11.8 Å². The van der Waals surface area contributed by atoms with Crippen molar-refractivity contribution in [3.05, 3.63) is 65.7 Å². The second-order valence-electron chi connectivity index (χ2n) is 8.75. The molecule has 4 atom stereocenters. The Morgan fingerprint density at radius 1 is 1.09 bits per heavy atom. The van der Waals surface area contributed by atoms with Crippen LogP contribution in [0.25, 0.3) is 0 Å². The number of rotatable bonds is 10. The molecule has 0 aliphatic carbocycles. The topological polar surface area (TPSA) is 85.3 Å². The van der Waals surface area contributed by atoms with Gasteiger partial charge in [-0.15, -0.1) is 0 Å². The number of benzene rings is 2. The third-order valence-corrected chi connectivity index (χ3v) is 6.09. The minimum Gasteiger partial charge on any atom is -0.497 e. The molecule has 0 unspecified atom stereocenters. The van der Waals surface area contributed by atoms with E-state index in [2.05, 4.69) is 0 Å². The number of imide groups is 1. The first-order chi connectivity index (χ1) is 15.8. The molecule has 2 amide bonds. The molecule has 1 heterocycles. The fourth-order valence-electron chi connectivity index (χ4n) is 3.96. The summed E-state index contributed by atoms with van der Waals surface area (Å²) in [5.41, 5.74) is 1.81. The number of amides is 2. The van der Waals surface area contributed by atoms with Crippen molar-refractivity contribution in [2.24, 2.45) is 11.8 Å². The van der Waals surface area contributed by atoms with E-state index in [0.29, 0.717) is 0 Å². The SMILES string of the molecule is COc1ccc(CO[C@@H](C)[C@H](O)[C@@H](Cc2ccccc2)C(=O)N2C(=O)OC[C@H]2C(C)C)cc1. The molecule has 0 bridgehead atoms. The summed E-state index contributed by atoms with van der Waals surface area (Å²) >= 11 is 0. The number of carbonyl (C=O) groups excluding carboxylic acids is 2. The normalized spacial score (nSPS) is 18.7. The first kappa shape index (κ1) is 24.7. The Balaban J connectivity index is 1.77. The molecule has 0 aromatic heterocycles. The summed E-state index contributed by atoms with van der Waals surface area (Å²) < 4.78 is 16.3. The maximum absolute atomic E-state index is 13.6. The van der Waals surface area contributed by atoms with Crippen LogP contribution in [0.2, 0.25) is 0 Å². The van der Waals surface area contributed by atoms with E-state index in [1.807, 2.05) is 68.4 Å². The Hall–Kier alpha value is -2.90. The first-order valence-corrected chi connectivity index (χ1v) is 11.3. The van der Waals surface area contributed by atoms with Crippen LogP contribution in [0.5, 0.6) is 5.75 Å².